The molecule has 0 saturated heterocycles. The van der Waals surface area contributed by atoms with Crippen LogP contribution in [0.25, 0.3) is 11.1 Å². The normalized spacial score (nSPS) is 10.5. The molecule has 0 saturated carbocycles. The predicted molar refractivity (Wildman–Crippen MR) is 136 cm³/mol. The Hall–Kier alpha value is -2.58. The minimum Gasteiger partial charge on any atom is -0.385 e. The van der Waals surface area contributed by atoms with Gasteiger partial charge < -0.3 is 10.6 Å². The monoisotopic (exact) mass is 476 g/mol. The van der Waals surface area contributed by atoms with Gasteiger partial charge in [-0.1, -0.05) is 0 Å². The molecule has 2 N–H and O–H groups in total. The van der Waals surface area contributed by atoms with E-state index in [4.69, 9.17) is 0 Å². The van der Waals surface area contributed by atoms with Crippen molar-refractivity contribution in [2.45, 2.75) is 53.4 Å². The molecular weight excluding hydrogens is 444 g/mol. The number of benzene rings is 2. The van der Waals surface area contributed by atoms with Crippen molar-refractivity contribution in [2.75, 3.05) is 23.7 Å². The second-order valence-electron chi connectivity index (χ2n) is 7.96. The summed E-state index contributed by atoms with van der Waals surface area (Å²) in [6.07, 6.45) is 2.59. The van der Waals surface area contributed by atoms with Crippen molar-refractivity contribution in [3.05, 3.63) is 46.5 Å². The van der Waals surface area contributed by atoms with E-state index in [0.29, 0.717) is 12.8 Å². The second-order valence-corrected chi connectivity index (χ2v) is 9.67. The zero-order valence-electron chi connectivity index (χ0n) is 19.2. The average Bonchev–Trinajstić information content (AvgIpc) is 2.70. The zero-order chi connectivity index (χ0) is 23.7. The van der Waals surface area contributed by atoms with Gasteiger partial charge in [-0.25, -0.2) is 0 Å². The molecule has 2 aromatic rings. The third-order valence-electron chi connectivity index (χ3n) is 5.27. The van der Waals surface area contributed by atoms with Gasteiger partial charge in [0.25, 0.3) is 0 Å². The fourth-order valence-corrected chi connectivity index (χ4v) is 4.53. The van der Waals surface area contributed by atoms with Crippen LogP contribution in [0.15, 0.2) is 24.3 Å². The van der Waals surface area contributed by atoms with E-state index in [9.17, 15) is 16.8 Å². The smallest absolute Gasteiger partial charge is 0.209 e. The van der Waals surface area contributed by atoms with Crippen LogP contribution in [0.1, 0.15) is 47.9 Å². The molecule has 0 aromatic heterocycles. The lowest BCUT2D eigenvalue weighted by Gasteiger charge is -2.17. The van der Waals surface area contributed by atoms with Crippen LogP contribution in [0.5, 0.6) is 0 Å². The SMILES string of the molecule is Cc1cc(-c2cc(C)c(NCCCC=S(=O)=O)c(C)c2)cc(C)c1NCCCC=S(=O)=O. The van der Waals surface area contributed by atoms with Gasteiger partial charge in [0.15, 0.2) is 0 Å². The third kappa shape index (κ3) is 7.84. The summed E-state index contributed by atoms with van der Waals surface area (Å²) < 4.78 is 42.3. The van der Waals surface area contributed by atoms with Gasteiger partial charge in [-0.05, 0) is 111 Å². The van der Waals surface area contributed by atoms with E-state index in [2.05, 4.69) is 62.6 Å². The van der Waals surface area contributed by atoms with Crippen LogP contribution in [0, 0.1) is 27.7 Å². The fraction of sp³-hybridized carbons (Fsp3) is 0.417. The van der Waals surface area contributed by atoms with E-state index in [1.54, 1.807) is 0 Å². The van der Waals surface area contributed by atoms with Gasteiger partial charge in [0.2, 0.25) is 20.6 Å². The maximum Gasteiger partial charge on any atom is 0.209 e. The van der Waals surface area contributed by atoms with Gasteiger partial charge in [0.05, 0.1) is 0 Å². The van der Waals surface area contributed by atoms with Gasteiger partial charge in [0, 0.05) is 35.2 Å². The minimum atomic E-state index is -2.09. The molecule has 2 rings (SSSR count). The highest BCUT2D eigenvalue weighted by molar-refractivity contribution is 7.71. The summed E-state index contributed by atoms with van der Waals surface area (Å²) in [4.78, 5) is 0. The average molecular weight is 477 g/mol. The molecule has 0 aliphatic carbocycles. The van der Waals surface area contributed by atoms with Crippen molar-refractivity contribution in [1.82, 2.24) is 0 Å². The second kappa shape index (κ2) is 12.5. The van der Waals surface area contributed by atoms with E-state index in [-0.39, 0.29) is 0 Å². The van der Waals surface area contributed by atoms with Crippen LogP contribution in [-0.2, 0) is 20.6 Å². The summed E-state index contributed by atoms with van der Waals surface area (Å²) in [7, 11) is -4.18. The highest BCUT2D eigenvalue weighted by Crippen LogP contribution is 2.32. The Kier molecular flexibility index (Phi) is 9.99. The lowest BCUT2D eigenvalue weighted by Crippen LogP contribution is -2.06. The molecule has 0 aliphatic heterocycles. The zero-order valence-corrected chi connectivity index (χ0v) is 20.8. The van der Waals surface area contributed by atoms with Gasteiger partial charge in [0.1, 0.15) is 0 Å². The summed E-state index contributed by atoms with van der Waals surface area (Å²) in [6.45, 7) is 9.77. The Morgan fingerprint density at radius 1 is 0.625 bits per heavy atom. The number of hydrogen-bond acceptors (Lipinski definition) is 6. The van der Waals surface area contributed by atoms with E-state index < -0.39 is 20.6 Å². The molecule has 0 fully saturated rings. The Morgan fingerprint density at radius 2 is 0.938 bits per heavy atom. The van der Waals surface area contributed by atoms with Gasteiger partial charge in [-0.3, -0.25) is 0 Å². The molecule has 0 amide bonds. The number of anilines is 2. The summed E-state index contributed by atoms with van der Waals surface area (Å²) in [5, 5.41) is 9.45. The van der Waals surface area contributed by atoms with E-state index in [1.807, 2.05) is 0 Å². The van der Waals surface area contributed by atoms with Crippen molar-refractivity contribution >= 4 is 42.7 Å². The summed E-state index contributed by atoms with van der Waals surface area (Å²) in [5.74, 6) is 0. The summed E-state index contributed by atoms with van der Waals surface area (Å²) in [5.41, 5.74) is 9.12. The van der Waals surface area contributed by atoms with E-state index in [0.717, 1.165) is 70.7 Å². The number of unbranched alkanes of at least 4 members (excludes halogenated alkanes) is 2. The molecule has 32 heavy (non-hydrogen) atoms. The molecule has 0 bridgehead atoms. The molecule has 174 valence electrons. The maximum atomic E-state index is 10.6. The first-order valence-electron chi connectivity index (χ1n) is 10.7. The van der Waals surface area contributed by atoms with Crippen molar-refractivity contribution in [1.29, 1.82) is 0 Å². The first-order valence-corrected chi connectivity index (χ1v) is 13.0. The first-order chi connectivity index (χ1) is 15.2. The standard InChI is InChI=1S/C24H32N2O4S2/c1-17-13-21(14-18(2)23(17)25-9-5-7-11-31(27)28)22-15-19(3)24(20(4)16-22)26-10-6-8-12-32(29)30/h11-16,25-26H,5-10H2,1-4H3. The first kappa shape index (κ1) is 25.7. The van der Waals surface area contributed by atoms with Gasteiger partial charge in [-0.2, -0.15) is 16.8 Å². The molecule has 0 spiro atoms. The van der Waals surface area contributed by atoms with Crippen molar-refractivity contribution in [2.24, 2.45) is 0 Å². The van der Waals surface area contributed by atoms with Crippen LogP contribution in [0.3, 0.4) is 0 Å². The van der Waals surface area contributed by atoms with E-state index in [1.165, 1.54) is 10.7 Å². The Labute approximate surface area is 194 Å². The van der Waals surface area contributed by atoms with E-state index >= 15 is 0 Å². The minimum absolute atomic E-state index is 0.536. The lowest BCUT2D eigenvalue weighted by atomic mass is 9.95. The summed E-state index contributed by atoms with van der Waals surface area (Å²) >= 11 is 0. The van der Waals surface area contributed by atoms with Crippen LogP contribution in [0.4, 0.5) is 11.4 Å². The highest BCUT2D eigenvalue weighted by Gasteiger charge is 2.10. The molecule has 8 heteroatoms. The molecule has 0 aliphatic rings. The Morgan fingerprint density at radius 3 is 1.22 bits per heavy atom. The Balaban J connectivity index is 2.12. The van der Waals surface area contributed by atoms with Gasteiger partial charge >= 0.3 is 0 Å². The molecular formula is C24H32N2O4S2. The van der Waals surface area contributed by atoms with Crippen molar-refractivity contribution in [3.63, 3.8) is 0 Å². The fourth-order valence-electron chi connectivity index (χ4n) is 3.81. The van der Waals surface area contributed by atoms with Crippen LogP contribution < -0.4 is 10.6 Å². The van der Waals surface area contributed by atoms with Crippen LogP contribution in [-0.4, -0.2) is 40.7 Å². The Bertz CT molecular complexity index is 1070. The maximum absolute atomic E-state index is 10.6. The molecule has 0 radical (unpaired) electrons. The van der Waals surface area contributed by atoms with Crippen molar-refractivity contribution in [3.8, 4) is 11.1 Å². The molecule has 0 heterocycles. The third-order valence-corrected chi connectivity index (χ3v) is 6.29. The lowest BCUT2D eigenvalue weighted by molar-refractivity contribution is 0.625. The highest BCUT2D eigenvalue weighted by atomic mass is 32.2. The predicted octanol–water partition coefficient (Wildman–Crippen LogP) is 4.33. The topological polar surface area (TPSA) is 92.3 Å². The largest absolute Gasteiger partial charge is 0.385 e. The molecule has 0 atom stereocenters. The summed E-state index contributed by atoms with van der Waals surface area (Å²) in [6, 6.07) is 8.70. The van der Waals surface area contributed by atoms with Crippen LogP contribution in [0.2, 0.25) is 0 Å². The van der Waals surface area contributed by atoms with Crippen molar-refractivity contribution < 1.29 is 16.8 Å². The van der Waals surface area contributed by atoms with Gasteiger partial charge in [-0.15, -0.1) is 0 Å². The molecule has 2 aromatic carbocycles. The number of rotatable bonds is 11. The molecule has 6 nitrogen and oxygen atoms in total. The number of hydrogen-bond donors (Lipinski definition) is 2. The number of aryl methyl sites for hydroxylation is 4. The molecule has 0 unspecified atom stereocenters. The quantitative estimate of drug-likeness (QED) is 0.370. The number of nitrogens with one attached hydrogen (secondary N) is 2. The van der Waals surface area contributed by atoms with Crippen LogP contribution >= 0.6 is 0 Å².